The summed E-state index contributed by atoms with van der Waals surface area (Å²) in [6.07, 6.45) is 0. The van der Waals surface area contributed by atoms with Crippen molar-refractivity contribution in [3.05, 3.63) is 30.1 Å². The molecule has 0 N–H and O–H groups in total. The first kappa shape index (κ1) is 13.3. The summed E-state index contributed by atoms with van der Waals surface area (Å²) >= 11 is 0. The quantitative estimate of drug-likeness (QED) is 0.813. The number of carbonyl (C=O) groups is 1. The Morgan fingerprint density at radius 1 is 1.32 bits per heavy atom. The number of halogens is 1. The van der Waals surface area contributed by atoms with Crippen molar-refractivity contribution in [3.8, 4) is 6.07 Å². The summed E-state index contributed by atoms with van der Waals surface area (Å²) in [4.78, 5) is 15.4. The van der Waals surface area contributed by atoms with Crippen molar-refractivity contribution >= 4 is 11.6 Å². The molecular weight excluding hydrogens is 245 g/mol. The summed E-state index contributed by atoms with van der Waals surface area (Å²) in [6, 6.07) is 8.58. The first-order chi connectivity index (χ1) is 9.13. The SMILES string of the molecule is CC(C#N)C(=O)N1CCN(c2ccccc2F)CC1. The third-order valence-corrected chi connectivity index (χ3v) is 3.35. The smallest absolute Gasteiger partial charge is 0.239 e. The van der Waals surface area contributed by atoms with Crippen LogP contribution in [0.2, 0.25) is 0 Å². The van der Waals surface area contributed by atoms with Gasteiger partial charge in [0.25, 0.3) is 0 Å². The lowest BCUT2D eigenvalue weighted by Gasteiger charge is -2.36. The Hall–Kier alpha value is -2.09. The molecule has 0 saturated carbocycles. The van der Waals surface area contributed by atoms with Crippen LogP contribution in [0.15, 0.2) is 24.3 Å². The monoisotopic (exact) mass is 261 g/mol. The van der Waals surface area contributed by atoms with Crippen LogP contribution in [0.5, 0.6) is 0 Å². The van der Waals surface area contributed by atoms with E-state index in [1.807, 2.05) is 11.0 Å². The number of anilines is 1. The summed E-state index contributed by atoms with van der Waals surface area (Å²) in [5.41, 5.74) is 0.572. The van der Waals surface area contributed by atoms with E-state index in [1.165, 1.54) is 6.07 Å². The third kappa shape index (κ3) is 2.84. The molecule has 1 saturated heterocycles. The Balaban J connectivity index is 1.99. The Morgan fingerprint density at radius 3 is 2.53 bits per heavy atom. The van der Waals surface area contributed by atoms with Gasteiger partial charge in [-0.25, -0.2) is 4.39 Å². The molecule has 0 radical (unpaired) electrons. The van der Waals surface area contributed by atoms with E-state index in [0.29, 0.717) is 31.9 Å². The van der Waals surface area contributed by atoms with Crippen molar-refractivity contribution < 1.29 is 9.18 Å². The van der Waals surface area contributed by atoms with Crippen molar-refractivity contribution in [2.45, 2.75) is 6.92 Å². The van der Waals surface area contributed by atoms with Crippen molar-refractivity contribution in [1.29, 1.82) is 5.26 Å². The predicted octanol–water partition coefficient (Wildman–Crippen LogP) is 1.63. The maximum absolute atomic E-state index is 13.6. The fraction of sp³-hybridized carbons (Fsp3) is 0.429. The van der Waals surface area contributed by atoms with E-state index in [-0.39, 0.29) is 11.7 Å². The van der Waals surface area contributed by atoms with Gasteiger partial charge in [0.15, 0.2) is 0 Å². The molecule has 0 spiro atoms. The van der Waals surface area contributed by atoms with Gasteiger partial charge in [-0.1, -0.05) is 12.1 Å². The van der Waals surface area contributed by atoms with Crippen molar-refractivity contribution in [1.82, 2.24) is 4.90 Å². The zero-order valence-corrected chi connectivity index (χ0v) is 10.8. The van der Waals surface area contributed by atoms with Crippen molar-refractivity contribution in [3.63, 3.8) is 0 Å². The number of para-hydroxylation sites is 1. The Kier molecular flexibility index (Phi) is 4.00. The summed E-state index contributed by atoms with van der Waals surface area (Å²) in [7, 11) is 0. The van der Waals surface area contributed by atoms with Crippen LogP contribution in [0.25, 0.3) is 0 Å². The Bertz CT molecular complexity index is 504. The number of nitrogens with zero attached hydrogens (tertiary/aromatic N) is 3. The number of rotatable bonds is 2. The summed E-state index contributed by atoms with van der Waals surface area (Å²) in [6.45, 7) is 3.83. The summed E-state index contributed by atoms with van der Waals surface area (Å²) in [5, 5.41) is 8.74. The average molecular weight is 261 g/mol. The maximum Gasteiger partial charge on any atom is 0.239 e. The van der Waals surface area contributed by atoms with Crippen molar-refractivity contribution in [2.24, 2.45) is 5.92 Å². The largest absolute Gasteiger partial charge is 0.366 e. The van der Waals surface area contributed by atoms with Crippen LogP contribution in [0.4, 0.5) is 10.1 Å². The molecule has 1 aliphatic rings. The molecule has 100 valence electrons. The number of benzene rings is 1. The minimum atomic E-state index is -0.611. The van der Waals surface area contributed by atoms with Crippen LogP contribution >= 0.6 is 0 Å². The predicted molar refractivity (Wildman–Crippen MR) is 70.0 cm³/mol. The van der Waals surface area contributed by atoms with Gasteiger partial charge in [0, 0.05) is 26.2 Å². The summed E-state index contributed by atoms with van der Waals surface area (Å²) in [5.74, 6) is -0.997. The van der Waals surface area contributed by atoms with Gasteiger partial charge >= 0.3 is 0 Å². The second-order valence-corrected chi connectivity index (χ2v) is 4.61. The van der Waals surface area contributed by atoms with E-state index < -0.39 is 5.92 Å². The van der Waals surface area contributed by atoms with Crippen LogP contribution < -0.4 is 4.90 Å². The molecule has 1 heterocycles. The van der Waals surface area contributed by atoms with Crippen LogP contribution in [-0.2, 0) is 4.79 Å². The standard InChI is InChI=1S/C14H16FN3O/c1-11(10-16)14(19)18-8-6-17(7-9-18)13-5-3-2-4-12(13)15/h2-5,11H,6-9H2,1H3. The van der Waals surface area contributed by atoms with Crippen molar-refractivity contribution in [2.75, 3.05) is 31.1 Å². The topological polar surface area (TPSA) is 47.3 Å². The fourth-order valence-electron chi connectivity index (χ4n) is 2.21. The first-order valence-electron chi connectivity index (χ1n) is 6.31. The highest BCUT2D eigenvalue weighted by atomic mass is 19.1. The number of carbonyl (C=O) groups excluding carboxylic acids is 1. The number of amides is 1. The molecule has 1 aliphatic heterocycles. The molecule has 1 unspecified atom stereocenters. The molecule has 0 bridgehead atoms. The lowest BCUT2D eigenvalue weighted by Crippen LogP contribution is -2.50. The van der Waals surface area contributed by atoms with E-state index in [1.54, 1.807) is 30.0 Å². The van der Waals surface area contributed by atoms with Crippen LogP contribution in [-0.4, -0.2) is 37.0 Å². The van der Waals surface area contributed by atoms with Gasteiger partial charge in [0.2, 0.25) is 5.91 Å². The lowest BCUT2D eigenvalue weighted by atomic mass is 10.1. The average Bonchev–Trinajstić information content (AvgIpc) is 2.46. The van der Waals surface area contributed by atoms with Gasteiger partial charge in [0.1, 0.15) is 11.7 Å². The highest BCUT2D eigenvalue weighted by Crippen LogP contribution is 2.20. The maximum atomic E-state index is 13.6. The van der Waals surface area contributed by atoms with E-state index in [4.69, 9.17) is 5.26 Å². The zero-order chi connectivity index (χ0) is 13.8. The molecule has 1 aromatic carbocycles. The Labute approximate surface area is 112 Å². The fourth-order valence-corrected chi connectivity index (χ4v) is 2.21. The Morgan fingerprint density at radius 2 is 1.95 bits per heavy atom. The number of piperazine rings is 1. The summed E-state index contributed by atoms with van der Waals surface area (Å²) < 4.78 is 13.6. The van der Waals surface area contributed by atoms with E-state index in [0.717, 1.165) is 0 Å². The molecule has 1 fully saturated rings. The van der Waals surface area contributed by atoms with Gasteiger partial charge in [-0.15, -0.1) is 0 Å². The van der Waals surface area contributed by atoms with Crippen LogP contribution in [0.3, 0.4) is 0 Å². The third-order valence-electron chi connectivity index (χ3n) is 3.35. The number of nitriles is 1. The molecule has 2 rings (SSSR count). The second-order valence-electron chi connectivity index (χ2n) is 4.61. The molecule has 4 nitrogen and oxygen atoms in total. The van der Waals surface area contributed by atoms with Gasteiger partial charge in [-0.3, -0.25) is 4.79 Å². The highest BCUT2D eigenvalue weighted by Gasteiger charge is 2.25. The highest BCUT2D eigenvalue weighted by molar-refractivity contribution is 5.81. The molecular formula is C14H16FN3O. The minimum Gasteiger partial charge on any atom is -0.366 e. The zero-order valence-electron chi connectivity index (χ0n) is 10.8. The number of hydrogen-bond acceptors (Lipinski definition) is 3. The van der Waals surface area contributed by atoms with Gasteiger partial charge in [-0.05, 0) is 19.1 Å². The van der Waals surface area contributed by atoms with Gasteiger partial charge in [-0.2, -0.15) is 5.26 Å². The molecule has 5 heteroatoms. The lowest BCUT2D eigenvalue weighted by molar-refractivity contribution is -0.133. The van der Waals surface area contributed by atoms with Crippen LogP contribution in [0, 0.1) is 23.1 Å². The molecule has 0 aliphatic carbocycles. The molecule has 0 aromatic heterocycles. The molecule has 1 aromatic rings. The normalized spacial score (nSPS) is 16.9. The van der Waals surface area contributed by atoms with E-state index in [2.05, 4.69) is 0 Å². The molecule has 19 heavy (non-hydrogen) atoms. The minimum absolute atomic E-state index is 0.143. The van der Waals surface area contributed by atoms with Crippen LogP contribution in [0.1, 0.15) is 6.92 Å². The molecule has 1 amide bonds. The second kappa shape index (κ2) is 5.70. The van der Waals surface area contributed by atoms with E-state index in [9.17, 15) is 9.18 Å². The van der Waals surface area contributed by atoms with Gasteiger partial charge in [0.05, 0.1) is 11.8 Å². The number of hydrogen-bond donors (Lipinski definition) is 0. The molecule has 1 atom stereocenters. The van der Waals surface area contributed by atoms with E-state index >= 15 is 0 Å². The van der Waals surface area contributed by atoms with Gasteiger partial charge < -0.3 is 9.80 Å². The first-order valence-corrected chi connectivity index (χ1v) is 6.31.